The fraction of sp³-hybridized carbons (Fsp3) is 0.474. The lowest BCUT2D eigenvalue weighted by Gasteiger charge is -2.31. The third-order valence-corrected chi connectivity index (χ3v) is 4.93. The van der Waals surface area contributed by atoms with E-state index < -0.39 is 6.10 Å². The van der Waals surface area contributed by atoms with Gasteiger partial charge in [0.2, 0.25) is 5.91 Å². The van der Waals surface area contributed by atoms with Gasteiger partial charge in [0, 0.05) is 19.6 Å². The highest BCUT2D eigenvalue weighted by Gasteiger charge is 2.26. The summed E-state index contributed by atoms with van der Waals surface area (Å²) in [5, 5.41) is 14.2. The summed E-state index contributed by atoms with van der Waals surface area (Å²) in [5.41, 5.74) is 2.59. The minimum Gasteiger partial charge on any atom is -0.490 e. The average molecular weight is 356 g/mol. The first kappa shape index (κ1) is 17.1. The van der Waals surface area contributed by atoms with Crippen LogP contribution >= 0.6 is 0 Å². The first-order valence-electron chi connectivity index (χ1n) is 9.11. The monoisotopic (exact) mass is 356 g/mol. The van der Waals surface area contributed by atoms with Gasteiger partial charge in [-0.3, -0.25) is 14.4 Å². The Kier molecular flexibility index (Phi) is 4.65. The summed E-state index contributed by atoms with van der Waals surface area (Å²) in [6, 6.07) is 9.62. The normalized spacial score (nSPS) is 18.5. The van der Waals surface area contributed by atoms with Crippen LogP contribution in [0.1, 0.15) is 30.8 Å². The number of ether oxygens (including phenoxy) is 1. The molecule has 0 bridgehead atoms. The number of amides is 1. The van der Waals surface area contributed by atoms with Gasteiger partial charge in [0.05, 0.1) is 36.3 Å². The van der Waals surface area contributed by atoms with E-state index in [0.29, 0.717) is 31.9 Å². The molecule has 7 nitrogen and oxygen atoms in total. The standard InChI is InChI=1S/C19H24N4O3/c1-14(24)16-11-15-12-21(7-4-8-23(15)20-16)13-19(25)22-9-10-26-18-6-3-2-5-17(18)22/h2-3,5-6,11,14,24H,4,7-10,12-13H2,1H3/t14-/m1/s1. The number of hydrogen-bond donors (Lipinski definition) is 1. The van der Waals surface area contributed by atoms with Crippen molar-refractivity contribution in [3.8, 4) is 5.75 Å². The molecule has 7 heteroatoms. The summed E-state index contributed by atoms with van der Waals surface area (Å²) in [5.74, 6) is 0.854. The molecule has 1 aromatic carbocycles. The number of aliphatic hydroxyl groups is 1. The van der Waals surface area contributed by atoms with Crippen molar-refractivity contribution in [1.82, 2.24) is 14.7 Å². The molecule has 1 amide bonds. The van der Waals surface area contributed by atoms with Crippen LogP contribution in [0.2, 0.25) is 0 Å². The molecular formula is C19H24N4O3. The number of benzene rings is 1. The lowest BCUT2D eigenvalue weighted by Crippen LogP contribution is -2.44. The molecule has 1 aromatic heterocycles. The number of carbonyl (C=O) groups excluding carboxylic acids is 1. The molecule has 0 aliphatic carbocycles. The molecule has 2 aliphatic rings. The topological polar surface area (TPSA) is 70.8 Å². The van der Waals surface area contributed by atoms with Crippen LogP contribution < -0.4 is 9.64 Å². The fourth-order valence-electron chi connectivity index (χ4n) is 3.60. The second kappa shape index (κ2) is 7.09. The van der Waals surface area contributed by atoms with Crippen molar-refractivity contribution >= 4 is 11.6 Å². The highest BCUT2D eigenvalue weighted by molar-refractivity contribution is 5.96. The zero-order chi connectivity index (χ0) is 18.1. The van der Waals surface area contributed by atoms with Gasteiger partial charge >= 0.3 is 0 Å². The fourth-order valence-corrected chi connectivity index (χ4v) is 3.60. The molecule has 2 aliphatic heterocycles. The van der Waals surface area contributed by atoms with E-state index in [1.807, 2.05) is 39.9 Å². The van der Waals surface area contributed by atoms with E-state index in [2.05, 4.69) is 10.00 Å². The van der Waals surface area contributed by atoms with Gasteiger partial charge in [-0.05, 0) is 31.5 Å². The molecule has 0 spiro atoms. The summed E-state index contributed by atoms with van der Waals surface area (Å²) < 4.78 is 7.60. The molecule has 0 unspecified atom stereocenters. The number of aromatic nitrogens is 2. The summed E-state index contributed by atoms with van der Waals surface area (Å²) in [6.07, 6.45) is 0.357. The van der Waals surface area contributed by atoms with Crippen LogP contribution in [0.15, 0.2) is 30.3 Å². The van der Waals surface area contributed by atoms with Gasteiger partial charge in [0.25, 0.3) is 0 Å². The molecule has 4 rings (SSSR count). The Labute approximate surface area is 152 Å². The molecule has 0 radical (unpaired) electrons. The zero-order valence-corrected chi connectivity index (χ0v) is 15.0. The third-order valence-electron chi connectivity index (χ3n) is 4.93. The number of para-hydroxylation sites is 2. The first-order valence-corrected chi connectivity index (χ1v) is 9.11. The Morgan fingerprint density at radius 1 is 1.31 bits per heavy atom. The number of hydrogen-bond acceptors (Lipinski definition) is 5. The van der Waals surface area contributed by atoms with Crippen molar-refractivity contribution in [2.24, 2.45) is 0 Å². The Morgan fingerprint density at radius 3 is 3.00 bits per heavy atom. The Balaban J connectivity index is 1.48. The van der Waals surface area contributed by atoms with Gasteiger partial charge in [0.1, 0.15) is 12.4 Å². The number of carbonyl (C=O) groups is 1. The highest BCUT2D eigenvalue weighted by Crippen LogP contribution is 2.31. The highest BCUT2D eigenvalue weighted by atomic mass is 16.5. The molecule has 0 fully saturated rings. The molecule has 0 saturated carbocycles. The summed E-state index contributed by atoms with van der Waals surface area (Å²) in [6.45, 7) is 5.51. The number of fused-ring (bicyclic) bond motifs is 2. The number of aryl methyl sites for hydroxylation is 1. The van der Waals surface area contributed by atoms with Crippen molar-refractivity contribution < 1.29 is 14.6 Å². The van der Waals surface area contributed by atoms with Crippen LogP contribution in [-0.2, 0) is 17.9 Å². The zero-order valence-electron chi connectivity index (χ0n) is 15.0. The van der Waals surface area contributed by atoms with E-state index in [9.17, 15) is 9.90 Å². The van der Waals surface area contributed by atoms with E-state index in [4.69, 9.17) is 4.74 Å². The quantitative estimate of drug-likeness (QED) is 0.904. The Hall–Kier alpha value is -2.38. The first-order chi connectivity index (χ1) is 12.6. The van der Waals surface area contributed by atoms with E-state index in [-0.39, 0.29) is 5.91 Å². The van der Waals surface area contributed by atoms with Crippen LogP contribution in [-0.4, -0.2) is 51.9 Å². The van der Waals surface area contributed by atoms with E-state index in [1.165, 1.54) is 0 Å². The third kappa shape index (κ3) is 3.32. The van der Waals surface area contributed by atoms with Gasteiger partial charge in [-0.25, -0.2) is 0 Å². The van der Waals surface area contributed by atoms with Crippen molar-refractivity contribution in [1.29, 1.82) is 0 Å². The van der Waals surface area contributed by atoms with E-state index in [1.54, 1.807) is 6.92 Å². The number of anilines is 1. The van der Waals surface area contributed by atoms with Crippen LogP contribution in [0, 0.1) is 0 Å². The minimum atomic E-state index is -0.575. The van der Waals surface area contributed by atoms with Crippen LogP contribution in [0.3, 0.4) is 0 Å². The Morgan fingerprint density at radius 2 is 2.15 bits per heavy atom. The summed E-state index contributed by atoms with van der Waals surface area (Å²) in [7, 11) is 0. The molecule has 1 atom stereocenters. The van der Waals surface area contributed by atoms with Crippen molar-refractivity contribution in [2.45, 2.75) is 32.5 Å². The van der Waals surface area contributed by atoms with Gasteiger partial charge in [-0.15, -0.1) is 0 Å². The number of rotatable bonds is 3. The SMILES string of the molecule is C[C@@H](O)c1cc2n(n1)CCCN(CC(=O)N1CCOc3ccccc31)C2. The molecule has 3 heterocycles. The predicted octanol–water partition coefficient (Wildman–Crippen LogP) is 1.57. The lowest BCUT2D eigenvalue weighted by molar-refractivity contribution is -0.120. The molecule has 138 valence electrons. The maximum absolute atomic E-state index is 12.9. The lowest BCUT2D eigenvalue weighted by atomic mass is 10.2. The maximum Gasteiger partial charge on any atom is 0.241 e. The predicted molar refractivity (Wildman–Crippen MR) is 97.0 cm³/mol. The van der Waals surface area contributed by atoms with Gasteiger partial charge in [-0.2, -0.15) is 5.10 Å². The van der Waals surface area contributed by atoms with Crippen molar-refractivity contribution in [3.63, 3.8) is 0 Å². The largest absolute Gasteiger partial charge is 0.490 e. The van der Waals surface area contributed by atoms with Crippen molar-refractivity contribution in [2.75, 3.05) is 31.1 Å². The molecule has 0 saturated heterocycles. The van der Waals surface area contributed by atoms with Gasteiger partial charge in [-0.1, -0.05) is 12.1 Å². The van der Waals surface area contributed by atoms with Crippen LogP contribution in [0.4, 0.5) is 5.69 Å². The van der Waals surface area contributed by atoms with Crippen LogP contribution in [0.5, 0.6) is 5.75 Å². The average Bonchev–Trinajstić information content (AvgIpc) is 2.95. The molecular weight excluding hydrogens is 332 g/mol. The summed E-state index contributed by atoms with van der Waals surface area (Å²) in [4.78, 5) is 16.9. The van der Waals surface area contributed by atoms with Crippen molar-refractivity contribution in [3.05, 3.63) is 41.7 Å². The van der Waals surface area contributed by atoms with E-state index >= 15 is 0 Å². The van der Waals surface area contributed by atoms with Gasteiger partial charge < -0.3 is 14.7 Å². The van der Waals surface area contributed by atoms with Crippen LogP contribution in [0.25, 0.3) is 0 Å². The Bertz CT molecular complexity index is 802. The smallest absolute Gasteiger partial charge is 0.241 e. The second-order valence-electron chi connectivity index (χ2n) is 6.89. The van der Waals surface area contributed by atoms with Gasteiger partial charge in [0.15, 0.2) is 0 Å². The molecule has 2 aromatic rings. The second-order valence-corrected chi connectivity index (χ2v) is 6.89. The molecule has 26 heavy (non-hydrogen) atoms. The number of aliphatic hydroxyl groups excluding tert-OH is 1. The minimum absolute atomic E-state index is 0.0875. The maximum atomic E-state index is 12.9. The molecule has 1 N–H and O–H groups in total. The summed E-state index contributed by atoms with van der Waals surface area (Å²) >= 11 is 0. The number of nitrogens with zero attached hydrogens (tertiary/aromatic N) is 4. The van der Waals surface area contributed by atoms with E-state index in [0.717, 1.165) is 36.6 Å².